The van der Waals surface area contributed by atoms with E-state index in [0.717, 1.165) is 38.5 Å². The van der Waals surface area contributed by atoms with Crippen molar-refractivity contribution in [2.24, 2.45) is 7.05 Å². The zero-order valence-corrected chi connectivity index (χ0v) is 12.5. The summed E-state index contributed by atoms with van der Waals surface area (Å²) in [5.41, 5.74) is 2.40. The third-order valence-electron chi connectivity index (χ3n) is 3.69. The minimum absolute atomic E-state index is 0.338. The van der Waals surface area contributed by atoms with Gasteiger partial charge in [0.15, 0.2) is 0 Å². The monoisotopic (exact) mass is 266 g/mol. The van der Waals surface area contributed by atoms with E-state index in [4.69, 9.17) is 4.74 Å². The number of ether oxygens (including phenoxy) is 1. The number of rotatable bonds is 5. The molecule has 2 heterocycles. The fourth-order valence-electron chi connectivity index (χ4n) is 2.78. The highest BCUT2D eigenvalue weighted by Crippen LogP contribution is 2.16. The average Bonchev–Trinajstić information content (AvgIpc) is 2.69. The predicted octanol–water partition coefficient (Wildman–Crippen LogP) is 1.10. The molecule has 2 atom stereocenters. The lowest BCUT2D eigenvalue weighted by Crippen LogP contribution is -2.45. The summed E-state index contributed by atoms with van der Waals surface area (Å²) in [6.07, 6.45) is 2.11. The van der Waals surface area contributed by atoms with Crippen molar-refractivity contribution in [1.29, 1.82) is 0 Å². The van der Waals surface area contributed by atoms with Crippen molar-refractivity contribution in [3.8, 4) is 0 Å². The topological polar surface area (TPSA) is 42.3 Å². The summed E-state index contributed by atoms with van der Waals surface area (Å²) in [6, 6.07) is 0.803. The van der Waals surface area contributed by atoms with Crippen LogP contribution in [-0.4, -0.2) is 53.6 Å². The Morgan fingerprint density at radius 3 is 2.63 bits per heavy atom. The smallest absolute Gasteiger partial charge is 0.0641 e. The molecule has 0 bridgehead atoms. The molecule has 1 aliphatic heterocycles. The Labute approximate surface area is 115 Å². The lowest BCUT2D eigenvalue weighted by Gasteiger charge is -2.30. The van der Waals surface area contributed by atoms with Crippen LogP contribution in [-0.2, 0) is 11.8 Å². The Bertz CT molecular complexity index is 398. The normalized spacial score (nSPS) is 20.4. The molecule has 0 spiro atoms. The summed E-state index contributed by atoms with van der Waals surface area (Å²) in [6.45, 7) is 11.4. The van der Waals surface area contributed by atoms with Gasteiger partial charge in [0.1, 0.15) is 0 Å². The Hall–Kier alpha value is -0.910. The second-order valence-electron chi connectivity index (χ2n) is 5.55. The number of hydrogen-bond acceptors (Lipinski definition) is 4. The maximum absolute atomic E-state index is 5.38. The number of aryl methyl sites for hydroxylation is 2. The van der Waals surface area contributed by atoms with E-state index in [1.165, 1.54) is 5.56 Å². The number of morpholine rings is 1. The number of nitrogens with zero attached hydrogens (tertiary/aromatic N) is 3. The van der Waals surface area contributed by atoms with Crippen LogP contribution in [0.3, 0.4) is 0 Å². The molecule has 2 unspecified atom stereocenters. The average molecular weight is 266 g/mol. The Kier molecular flexibility index (Phi) is 4.96. The van der Waals surface area contributed by atoms with Gasteiger partial charge in [0.25, 0.3) is 0 Å². The molecule has 5 heteroatoms. The summed E-state index contributed by atoms with van der Waals surface area (Å²) in [4.78, 5) is 2.46. The van der Waals surface area contributed by atoms with Gasteiger partial charge in [-0.05, 0) is 20.8 Å². The second-order valence-corrected chi connectivity index (χ2v) is 5.55. The summed E-state index contributed by atoms with van der Waals surface area (Å²) in [5, 5.41) is 8.07. The molecule has 19 heavy (non-hydrogen) atoms. The van der Waals surface area contributed by atoms with E-state index in [1.54, 1.807) is 0 Å². The van der Waals surface area contributed by atoms with Gasteiger partial charge in [-0.2, -0.15) is 5.10 Å². The van der Waals surface area contributed by atoms with Crippen molar-refractivity contribution in [1.82, 2.24) is 20.0 Å². The largest absolute Gasteiger partial charge is 0.379 e. The van der Waals surface area contributed by atoms with Gasteiger partial charge in [-0.3, -0.25) is 9.58 Å². The number of hydrogen-bond donors (Lipinski definition) is 1. The zero-order chi connectivity index (χ0) is 13.8. The first-order valence-corrected chi connectivity index (χ1v) is 7.12. The Morgan fingerprint density at radius 2 is 2.05 bits per heavy atom. The van der Waals surface area contributed by atoms with Crippen LogP contribution in [0.1, 0.15) is 31.1 Å². The summed E-state index contributed by atoms with van der Waals surface area (Å²) in [7, 11) is 1.97. The van der Waals surface area contributed by atoms with Crippen LogP contribution >= 0.6 is 0 Å². The van der Waals surface area contributed by atoms with Gasteiger partial charge in [-0.15, -0.1) is 0 Å². The lowest BCUT2D eigenvalue weighted by atomic mass is 10.1. The molecule has 108 valence electrons. The highest BCUT2D eigenvalue weighted by atomic mass is 16.5. The third-order valence-corrected chi connectivity index (χ3v) is 3.69. The maximum Gasteiger partial charge on any atom is 0.0641 e. The van der Waals surface area contributed by atoms with Gasteiger partial charge in [0, 0.05) is 50.5 Å². The molecule has 1 aromatic rings. The van der Waals surface area contributed by atoms with E-state index >= 15 is 0 Å². The minimum atomic E-state index is 0.338. The Balaban J connectivity index is 1.84. The number of aromatic nitrogens is 2. The first kappa shape index (κ1) is 14.5. The first-order valence-electron chi connectivity index (χ1n) is 7.12. The van der Waals surface area contributed by atoms with E-state index in [0.29, 0.717) is 12.1 Å². The van der Waals surface area contributed by atoms with Crippen LogP contribution in [0.2, 0.25) is 0 Å². The van der Waals surface area contributed by atoms with E-state index in [2.05, 4.69) is 42.3 Å². The molecule has 1 aliphatic rings. The highest BCUT2D eigenvalue weighted by Gasteiger charge is 2.17. The molecule has 0 radical (unpaired) electrons. The molecule has 1 N–H and O–H groups in total. The van der Waals surface area contributed by atoms with Gasteiger partial charge >= 0.3 is 0 Å². The van der Waals surface area contributed by atoms with Gasteiger partial charge in [0.05, 0.1) is 18.9 Å². The van der Waals surface area contributed by atoms with Crippen LogP contribution in [0.25, 0.3) is 0 Å². The van der Waals surface area contributed by atoms with Gasteiger partial charge < -0.3 is 10.1 Å². The predicted molar refractivity (Wildman–Crippen MR) is 76.2 cm³/mol. The van der Waals surface area contributed by atoms with Crippen LogP contribution in [0.15, 0.2) is 6.20 Å². The lowest BCUT2D eigenvalue weighted by molar-refractivity contribution is 0.0339. The summed E-state index contributed by atoms with van der Waals surface area (Å²) < 4.78 is 7.26. The molecule has 0 aliphatic carbocycles. The molecule has 1 fully saturated rings. The van der Waals surface area contributed by atoms with Gasteiger partial charge in [0.2, 0.25) is 0 Å². The molecule has 5 nitrogen and oxygen atoms in total. The van der Waals surface area contributed by atoms with E-state index in [1.807, 2.05) is 11.7 Å². The van der Waals surface area contributed by atoms with Crippen molar-refractivity contribution < 1.29 is 4.74 Å². The SMILES string of the molecule is Cc1nn(C)cc1C(C)NC(C)CN1CCOCC1. The zero-order valence-electron chi connectivity index (χ0n) is 12.5. The number of nitrogens with one attached hydrogen (secondary N) is 1. The van der Waals surface area contributed by atoms with E-state index in [9.17, 15) is 0 Å². The van der Waals surface area contributed by atoms with Crippen LogP contribution in [0.5, 0.6) is 0 Å². The van der Waals surface area contributed by atoms with E-state index < -0.39 is 0 Å². The fraction of sp³-hybridized carbons (Fsp3) is 0.786. The van der Waals surface area contributed by atoms with Crippen LogP contribution < -0.4 is 5.32 Å². The third kappa shape index (κ3) is 4.03. The quantitative estimate of drug-likeness (QED) is 0.866. The van der Waals surface area contributed by atoms with Gasteiger partial charge in [-0.25, -0.2) is 0 Å². The van der Waals surface area contributed by atoms with Crippen LogP contribution in [0.4, 0.5) is 0 Å². The molecule has 1 aromatic heterocycles. The first-order chi connectivity index (χ1) is 9.06. The van der Waals surface area contributed by atoms with Crippen molar-refractivity contribution in [2.75, 3.05) is 32.8 Å². The molecular formula is C14H26N4O. The molecule has 0 aromatic carbocycles. The molecular weight excluding hydrogens is 240 g/mol. The Morgan fingerprint density at radius 1 is 1.37 bits per heavy atom. The molecule has 0 amide bonds. The van der Waals surface area contributed by atoms with Crippen molar-refractivity contribution in [3.63, 3.8) is 0 Å². The van der Waals surface area contributed by atoms with E-state index in [-0.39, 0.29) is 0 Å². The second kappa shape index (κ2) is 6.50. The molecule has 2 rings (SSSR count). The van der Waals surface area contributed by atoms with Crippen molar-refractivity contribution >= 4 is 0 Å². The highest BCUT2D eigenvalue weighted by molar-refractivity contribution is 5.19. The standard InChI is InChI=1S/C14H26N4O/c1-11(9-18-5-7-19-8-6-18)15-12(2)14-10-17(4)16-13(14)3/h10-12,15H,5-9H2,1-4H3. The maximum atomic E-state index is 5.38. The van der Waals surface area contributed by atoms with Crippen molar-refractivity contribution in [3.05, 3.63) is 17.5 Å². The molecule has 1 saturated heterocycles. The summed E-state index contributed by atoms with van der Waals surface area (Å²) in [5.74, 6) is 0. The van der Waals surface area contributed by atoms with Gasteiger partial charge in [-0.1, -0.05) is 0 Å². The fourth-order valence-corrected chi connectivity index (χ4v) is 2.78. The molecule has 0 saturated carbocycles. The van der Waals surface area contributed by atoms with Crippen LogP contribution in [0, 0.1) is 6.92 Å². The van der Waals surface area contributed by atoms with Crippen molar-refractivity contribution in [2.45, 2.75) is 32.9 Å². The summed E-state index contributed by atoms with van der Waals surface area (Å²) >= 11 is 0. The minimum Gasteiger partial charge on any atom is -0.379 e.